The van der Waals surface area contributed by atoms with Gasteiger partial charge in [-0.3, -0.25) is 9.59 Å². The highest BCUT2D eigenvalue weighted by Crippen LogP contribution is 2.28. The SMILES string of the molecule is CCOC(=O)CCNC(=O)C(C)Oc1ccc(C)cc1S(=O)(=O)Cl. The van der Waals surface area contributed by atoms with Crippen LogP contribution >= 0.6 is 10.7 Å². The number of aryl methyl sites for hydroxylation is 1. The Morgan fingerprint density at radius 2 is 2.00 bits per heavy atom. The molecule has 0 aliphatic rings. The van der Waals surface area contributed by atoms with Crippen molar-refractivity contribution in [1.82, 2.24) is 5.32 Å². The predicted molar refractivity (Wildman–Crippen MR) is 88.6 cm³/mol. The van der Waals surface area contributed by atoms with Crippen molar-refractivity contribution in [3.05, 3.63) is 23.8 Å². The molecular formula is C15H20ClNO6S. The van der Waals surface area contributed by atoms with E-state index in [0.29, 0.717) is 5.56 Å². The fraction of sp³-hybridized carbons (Fsp3) is 0.467. The number of benzene rings is 1. The number of carbonyl (C=O) groups excluding carboxylic acids is 2. The van der Waals surface area contributed by atoms with Crippen LogP contribution in [-0.4, -0.2) is 39.5 Å². The molecule has 1 rings (SSSR count). The van der Waals surface area contributed by atoms with Gasteiger partial charge in [0.2, 0.25) is 0 Å². The third kappa shape index (κ3) is 6.37. The molecule has 0 aromatic heterocycles. The Labute approximate surface area is 145 Å². The van der Waals surface area contributed by atoms with E-state index in [1.807, 2.05) is 0 Å². The summed E-state index contributed by atoms with van der Waals surface area (Å²) in [5.41, 5.74) is 0.688. The minimum atomic E-state index is -4.01. The van der Waals surface area contributed by atoms with Crippen LogP contribution in [0.15, 0.2) is 23.1 Å². The second-order valence-electron chi connectivity index (χ2n) is 4.99. The molecule has 0 fully saturated rings. The molecule has 7 nitrogen and oxygen atoms in total. The quantitative estimate of drug-likeness (QED) is 0.547. The molecule has 1 atom stereocenters. The highest BCUT2D eigenvalue weighted by atomic mass is 35.7. The molecule has 1 aromatic rings. The number of halogens is 1. The molecule has 1 aromatic carbocycles. The summed E-state index contributed by atoms with van der Waals surface area (Å²) in [6.45, 7) is 5.23. The molecule has 1 N–H and O–H groups in total. The third-order valence-corrected chi connectivity index (χ3v) is 4.31. The molecule has 0 saturated carbocycles. The first-order valence-corrected chi connectivity index (χ1v) is 9.61. The van der Waals surface area contributed by atoms with Gasteiger partial charge in [0, 0.05) is 17.2 Å². The van der Waals surface area contributed by atoms with Gasteiger partial charge in [-0.15, -0.1) is 0 Å². The van der Waals surface area contributed by atoms with E-state index in [-0.39, 0.29) is 30.2 Å². The molecule has 0 aliphatic carbocycles. The van der Waals surface area contributed by atoms with E-state index in [0.717, 1.165) is 0 Å². The van der Waals surface area contributed by atoms with E-state index in [1.165, 1.54) is 19.1 Å². The lowest BCUT2D eigenvalue weighted by Crippen LogP contribution is -2.37. The van der Waals surface area contributed by atoms with Gasteiger partial charge in [0.05, 0.1) is 13.0 Å². The highest BCUT2D eigenvalue weighted by molar-refractivity contribution is 8.13. The molecule has 0 bridgehead atoms. The van der Waals surface area contributed by atoms with Crippen LogP contribution in [-0.2, 0) is 23.4 Å². The number of nitrogens with one attached hydrogen (secondary N) is 1. The largest absolute Gasteiger partial charge is 0.479 e. The Kier molecular flexibility index (Phi) is 7.50. The van der Waals surface area contributed by atoms with Gasteiger partial charge in [-0.1, -0.05) is 6.07 Å². The molecule has 0 saturated heterocycles. The van der Waals surface area contributed by atoms with Gasteiger partial charge >= 0.3 is 5.97 Å². The summed E-state index contributed by atoms with van der Waals surface area (Å²) in [6.07, 6.45) is -0.926. The first-order chi connectivity index (χ1) is 11.1. The van der Waals surface area contributed by atoms with Crippen molar-refractivity contribution >= 4 is 31.6 Å². The minimum Gasteiger partial charge on any atom is -0.479 e. The normalized spacial score (nSPS) is 12.3. The number of esters is 1. The summed E-state index contributed by atoms with van der Waals surface area (Å²) in [7, 11) is 1.38. The molecule has 0 aliphatic heterocycles. The van der Waals surface area contributed by atoms with Crippen molar-refractivity contribution in [2.24, 2.45) is 0 Å². The van der Waals surface area contributed by atoms with Crippen molar-refractivity contribution in [3.63, 3.8) is 0 Å². The van der Waals surface area contributed by atoms with Gasteiger partial charge in [0.25, 0.3) is 15.0 Å². The van der Waals surface area contributed by atoms with E-state index in [4.69, 9.17) is 20.2 Å². The van der Waals surface area contributed by atoms with Crippen LogP contribution in [0.1, 0.15) is 25.8 Å². The second kappa shape index (κ2) is 8.89. The molecule has 9 heteroatoms. The predicted octanol–water partition coefficient (Wildman–Crippen LogP) is 1.76. The van der Waals surface area contributed by atoms with Crippen molar-refractivity contribution in [3.8, 4) is 5.75 Å². The Balaban J connectivity index is 2.69. The monoisotopic (exact) mass is 377 g/mol. The van der Waals surface area contributed by atoms with Crippen LogP contribution in [0.4, 0.5) is 0 Å². The van der Waals surface area contributed by atoms with Gasteiger partial charge < -0.3 is 14.8 Å². The second-order valence-corrected chi connectivity index (χ2v) is 7.53. The standard InChI is InChI=1S/C15H20ClNO6S/c1-4-22-14(18)7-8-17-15(19)11(3)23-12-6-5-10(2)9-13(12)24(16,20)21/h5-6,9,11H,4,7-8H2,1-3H3,(H,17,19). The van der Waals surface area contributed by atoms with E-state index in [2.05, 4.69) is 5.32 Å². The fourth-order valence-electron chi connectivity index (χ4n) is 1.81. The first-order valence-electron chi connectivity index (χ1n) is 7.30. The Bertz CT molecular complexity index is 704. The summed E-state index contributed by atoms with van der Waals surface area (Å²) in [6, 6.07) is 4.45. The topological polar surface area (TPSA) is 98.8 Å². The van der Waals surface area contributed by atoms with Gasteiger partial charge in [-0.05, 0) is 38.5 Å². The zero-order chi connectivity index (χ0) is 18.3. The number of hydrogen-bond acceptors (Lipinski definition) is 6. The minimum absolute atomic E-state index is 0.0105. The van der Waals surface area contributed by atoms with E-state index < -0.39 is 27.0 Å². The van der Waals surface area contributed by atoms with Crippen LogP contribution in [0, 0.1) is 6.92 Å². The maximum atomic E-state index is 11.9. The molecule has 24 heavy (non-hydrogen) atoms. The number of amides is 1. The highest BCUT2D eigenvalue weighted by Gasteiger charge is 2.21. The van der Waals surface area contributed by atoms with Gasteiger partial charge in [0.15, 0.2) is 6.10 Å². The van der Waals surface area contributed by atoms with Crippen LogP contribution in [0.25, 0.3) is 0 Å². The summed E-state index contributed by atoms with van der Waals surface area (Å²) in [5, 5.41) is 2.51. The fourth-order valence-corrected chi connectivity index (χ4v) is 2.86. The van der Waals surface area contributed by atoms with Crippen LogP contribution in [0.3, 0.4) is 0 Å². The van der Waals surface area contributed by atoms with Gasteiger partial charge in [0.1, 0.15) is 10.6 Å². The lowest BCUT2D eigenvalue weighted by Gasteiger charge is -2.16. The molecule has 1 unspecified atom stereocenters. The summed E-state index contributed by atoms with van der Waals surface area (Å²) >= 11 is 0. The lowest BCUT2D eigenvalue weighted by molar-refractivity contribution is -0.143. The zero-order valence-corrected chi connectivity index (χ0v) is 15.2. The van der Waals surface area contributed by atoms with Crippen molar-refractivity contribution in [2.75, 3.05) is 13.2 Å². The van der Waals surface area contributed by atoms with Crippen molar-refractivity contribution < 1.29 is 27.5 Å². The van der Waals surface area contributed by atoms with E-state index in [1.54, 1.807) is 19.9 Å². The molecule has 134 valence electrons. The molecule has 0 heterocycles. The average Bonchev–Trinajstić information content (AvgIpc) is 2.48. The number of ether oxygens (including phenoxy) is 2. The van der Waals surface area contributed by atoms with Crippen LogP contribution < -0.4 is 10.1 Å². The Hall–Kier alpha value is -1.80. The first kappa shape index (κ1) is 20.2. The van der Waals surface area contributed by atoms with Crippen molar-refractivity contribution in [2.45, 2.75) is 38.2 Å². The van der Waals surface area contributed by atoms with E-state index in [9.17, 15) is 18.0 Å². The lowest BCUT2D eigenvalue weighted by atomic mass is 10.2. The van der Waals surface area contributed by atoms with Crippen LogP contribution in [0.5, 0.6) is 5.75 Å². The Morgan fingerprint density at radius 3 is 2.58 bits per heavy atom. The molecule has 0 spiro atoms. The summed E-state index contributed by atoms with van der Waals surface area (Å²) in [4.78, 5) is 22.9. The molecule has 0 radical (unpaired) electrons. The van der Waals surface area contributed by atoms with E-state index >= 15 is 0 Å². The van der Waals surface area contributed by atoms with Crippen LogP contribution in [0.2, 0.25) is 0 Å². The zero-order valence-electron chi connectivity index (χ0n) is 13.7. The maximum absolute atomic E-state index is 11.9. The van der Waals surface area contributed by atoms with Gasteiger partial charge in [-0.2, -0.15) is 0 Å². The summed E-state index contributed by atoms with van der Waals surface area (Å²) < 4.78 is 33.3. The number of rotatable bonds is 8. The maximum Gasteiger partial charge on any atom is 0.307 e. The summed E-state index contributed by atoms with van der Waals surface area (Å²) in [5.74, 6) is -0.915. The molecular weight excluding hydrogens is 358 g/mol. The average molecular weight is 378 g/mol. The Morgan fingerprint density at radius 1 is 1.33 bits per heavy atom. The number of carbonyl (C=O) groups is 2. The van der Waals surface area contributed by atoms with Crippen molar-refractivity contribution in [1.29, 1.82) is 0 Å². The third-order valence-electron chi connectivity index (χ3n) is 2.97. The number of hydrogen-bond donors (Lipinski definition) is 1. The van der Waals surface area contributed by atoms with Gasteiger partial charge in [-0.25, -0.2) is 8.42 Å². The smallest absolute Gasteiger partial charge is 0.307 e. The molecule has 1 amide bonds.